The molecule has 1 heterocycles. The van der Waals surface area contributed by atoms with Gasteiger partial charge in [-0.3, -0.25) is 4.79 Å². The zero-order valence-corrected chi connectivity index (χ0v) is 11.7. The molecule has 20 heavy (non-hydrogen) atoms. The first-order chi connectivity index (χ1) is 9.51. The maximum atomic E-state index is 12.0. The molecule has 0 atom stereocenters. The summed E-state index contributed by atoms with van der Waals surface area (Å²) in [5, 5.41) is 10.6. The van der Waals surface area contributed by atoms with Crippen molar-refractivity contribution < 1.29 is 9.53 Å². The van der Waals surface area contributed by atoms with Gasteiger partial charge in [-0.25, -0.2) is 0 Å². The molecule has 7 heteroatoms. The first-order valence-corrected chi connectivity index (χ1v) is 6.13. The summed E-state index contributed by atoms with van der Waals surface area (Å²) in [5.41, 5.74) is 6.92. The number of aromatic nitrogens is 2. The van der Waals surface area contributed by atoms with E-state index in [1.165, 1.54) is 19.2 Å². The number of hydrogen-bond acceptors (Lipinski definition) is 5. The van der Waals surface area contributed by atoms with Gasteiger partial charge in [0.15, 0.2) is 5.69 Å². The van der Waals surface area contributed by atoms with Crippen LogP contribution in [0.5, 0.6) is 5.75 Å². The van der Waals surface area contributed by atoms with E-state index < -0.39 is 5.91 Å². The van der Waals surface area contributed by atoms with Gasteiger partial charge < -0.3 is 15.8 Å². The molecule has 0 saturated carbocycles. The van der Waals surface area contributed by atoms with Gasteiger partial charge in [0.25, 0.3) is 5.91 Å². The summed E-state index contributed by atoms with van der Waals surface area (Å²) >= 11 is 6.01. The highest BCUT2D eigenvalue weighted by Crippen LogP contribution is 2.31. The Morgan fingerprint density at radius 1 is 1.35 bits per heavy atom. The second-order valence-electron chi connectivity index (χ2n) is 4.10. The van der Waals surface area contributed by atoms with Crippen LogP contribution in [0.3, 0.4) is 0 Å². The third-order valence-electron chi connectivity index (χ3n) is 2.65. The quantitative estimate of drug-likeness (QED) is 0.906. The molecule has 1 aromatic carbocycles. The lowest BCUT2D eigenvalue weighted by molar-refractivity contribution is 0.102. The molecular formula is C13H13ClN4O2. The Kier molecular flexibility index (Phi) is 4.05. The SMILES string of the molecule is COc1cc(Cl)c(C)cc1NC(=O)c1ccc(N)nn1. The number of anilines is 2. The van der Waals surface area contributed by atoms with Crippen LogP contribution in [-0.4, -0.2) is 23.2 Å². The highest BCUT2D eigenvalue weighted by Gasteiger charge is 2.13. The lowest BCUT2D eigenvalue weighted by Gasteiger charge is -2.11. The molecule has 0 radical (unpaired) electrons. The van der Waals surface area contributed by atoms with Crippen LogP contribution in [0, 0.1) is 6.92 Å². The van der Waals surface area contributed by atoms with Crippen molar-refractivity contribution in [2.45, 2.75) is 6.92 Å². The van der Waals surface area contributed by atoms with Crippen LogP contribution in [0.4, 0.5) is 11.5 Å². The van der Waals surface area contributed by atoms with Crippen molar-refractivity contribution in [3.63, 3.8) is 0 Å². The van der Waals surface area contributed by atoms with Gasteiger partial charge in [-0.2, -0.15) is 0 Å². The molecule has 3 N–H and O–H groups in total. The monoisotopic (exact) mass is 292 g/mol. The molecule has 0 aliphatic carbocycles. The largest absolute Gasteiger partial charge is 0.495 e. The van der Waals surface area contributed by atoms with Crippen molar-refractivity contribution in [2.75, 3.05) is 18.2 Å². The summed E-state index contributed by atoms with van der Waals surface area (Å²) in [6.45, 7) is 1.83. The first-order valence-electron chi connectivity index (χ1n) is 5.76. The number of nitrogen functional groups attached to an aromatic ring is 1. The molecule has 2 rings (SSSR count). The molecule has 0 aliphatic heterocycles. The normalized spacial score (nSPS) is 10.2. The number of rotatable bonds is 3. The minimum atomic E-state index is -0.405. The van der Waals surface area contributed by atoms with Crippen molar-refractivity contribution >= 4 is 29.0 Å². The lowest BCUT2D eigenvalue weighted by atomic mass is 10.2. The van der Waals surface area contributed by atoms with Gasteiger partial charge in [0.2, 0.25) is 0 Å². The van der Waals surface area contributed by atoms with Crippen LogP contribution in [0.1, 0.15) is 16.1 Å². The van der Waals surface area contributed by atoms with E-state index in [-0.39, 0.29) is 11.5 Å². The van der Waals surface area contributed by atoms with Crippen molar-refractivity contribution in [2.24, 2.45) is 0 Å². The zero-order valence-electron chi connectivity index (χ0n) is 11.0. The highest BCUT2D eigenvalue weighted by atomic mass is 35.5. The van der Waals surface area contributed by atoms with Gasteiger partial charge in [0.05, 0.1) is 12.8 Å². The lowest BCUT2D eigenvalue weighted by Crippen LogP contribution is -2.15. The Bertz CT molecular complexity index is 644. The average molecular weight is 293 g/mol. The summed E-state index contributed by atoms with van der Waals surface area (Å²) in [4.78, 5) is 12.0. The number of carbonyl (C=O) groups excluding carboxylic acids is 1. The second-order valence-corrected chi connectivity index (χ2v) is 4.51. The Morgan fingerprint density at radius 3 is 2.70 bits per heavy atom. The van der Waals surface area contributed by atoms with Gasteiger partial charge in [-0.15, -0.1) is 10.2 Å². The summed E-state index contributed by atoms with van der Waals surface area (Å²) in [6.07, 6.45) is 0. The Balaban J connectivity index is 2.27. The number of aryl methyl sites for hydroxylation is 1. The van der Waals surface area contributed by atoms with Gasteiger partial charge >= 0.3 is 0 Å². The van der Waals surface area contributed by atoms with E-state index in [1.807, 2.05) is 6.92 Å². The van der Waals surface area contributed by atoms with Gasteiger partial charge in [0.1, 0.15) is 11.6 Å². The Hall–Kier alpha value is -2.34. The molecule has 0 saturated heterocycles. The van der Waals surface area contributed by atoms with Crippen LogP contribution in [-0.2, 0) is 0 Å². The van der Waals surface area contributed by atoms with Gasteiger partial charge in [0, 0.05) is 11.1 Å². The zero-order chi connectivity index (χ0) is 14.7. The first kappa shape index (κ1) is 14.1. The Morgan fingerprint density at radius 2 is 2.10 bits per heavy atom. The molecule has 0 aliphatic rings. The number of carbonyl (C=O) groups is 1. The van der Waals surface area contributed by atoms with Gasteiger partial charge in [-0.1, -0.05) is 11.6 Å². The van der Waals surface area contributed by atoms with Crippen molar-refractivity contribution in [1.29, 1.82) is 0 Å². The molecular weight excluding hydrogens is 280 g/mol. The molecule has 0 spiro atoms. The number of amides is 1. The van der Waals surface area contributed by atoms with Crippen LogP contribution in [0.25, 0.3) is 0 Å². The van der Waals surface area contributed by atoms with E-state index in [1.54, 1.807) is 12.1 Å². The average Bonchev–Trinajstić information content (AvgIpc) is 2.43. The summed E-state index contributed by atoms with van der Waals surface area (Å²) in [7, 11) is 1.50. The van der Waals surface area contributed by atoms with Crippen LogP contribution in [0.2, 0.25) is 5.02 Å². The number of nitrogens with zero attached hydrogens (tertiary/aromatic N) is 2. The highest BCUT2D eigenvalue weighted by molar-refractivity contribution is 6.31. The summed E-state index contributed by atoms with van der Waals surface area (Å²) in [5.74, 6) is 0.316. The predicted octanol–water partition coefficient (Wildman–Crippen LogP) is 2.28. The minimum absolute atomic E-state index is 0.161. The van der Waals surface area contributed by atoms with E-state index in [0.29, 0.717) is 16.5 Å². The molecule has 2 aromatic rings. The van der Waals surface area contributed by atoms with Crippen LogP contribution in [0.15, 0.2) is 24.3 Å². The standard InChI is InChI=1S/C13H13ClN4O2/c1-7-5-10(11(20-2)6-8(7)14)16-13(19)9-3-4-12(15)18-17-9/h3-6H,1-2H3,(H2,15,18)(H,16,19). The van der Waals surface area contributed by atoms with E-state index in [0.717, 1.165) is 5.56 Å². The number of nitrogens with two attached hydrogens (primary N) is 1. The fourth-order valence-electron chi connectivity index (χ4n) is 1.58. The molecule has 0 fully saturated rings. The van der Waals surface area contributed by atoms with Crippen LogP contribution < -0.4 is 15.8 Å². The summed E-state index contributed by atoms with van der Waals surface area (Å²) in [6, 6.07) is 6.37. The molecule has 1 aromatic heterocycles. The third-order valence-corrected chi connectivity index (χ3v) is 3.05. The van der Waals surface area contributed by atoms with E-state index in [9.17, 15) is 4.79 Å². The molecule has 6 nitrogen and oxygen atoms in total. The number of nitrogens with one attached hydrogen (secondary N) is 1. The maximum absolute atomic E-state index is 12.0. The predicted molar refractivity (Wildman–Crippen MR) is 77.1 cm³/mol. The Labute approximate surface area is 120 Å². The number of halogens is 1. The second kappa shape index (κ2) is 5.75. The maximum Gasteiger partial charge on any atom is 0.276 e. The third kappa shape index (κ3) is 2.97. The number of benzene rings is 1. The fraction of sp³-hybridized carbons (Fsp3) is 0.154. The van der Waals surface area contributed by atoms with E-state index in [2.05, 4.69) is 15.5 Å². The van der Waals surface area contributed by atoms with Crippen molar-refractivity contribution in [3.05, 3.63) is 40.5 Å². The molecule has 104 valence electrons. The smallest absolute Gasteiger partial charge is 0.276 e. The van der Waals surface area contributed by atoms with E-state index in [4.69, 9.17) is 22.1 Å². The van der Waals surface area contributed by atoms with Gasteiger partial charge in [-0.05, 0) is 30.7 Å². The minimum Gasteiger partial charge on any atom is -0.495 e. The summed E-state index contributed by atoms with van der Waals surface area (Å²) < 4.78 is 5.18. The molecule has 0 bridgehead atoms. The van der Waals surface area contributed by atoms with Crippen molar-refractivity contribution in [3.8, 4) is 5.75 Å². The van der Waals surface area contributed by atoms with Crippen molar-refractivity contribution in [1.82, 2.24) is 10.2 Å². The molecule has 0 unspecified atom stereocenters. The topological polar surface area (TPSA) is 90.1 Å². The number of ether oxygens (including phenoxy) is 1. The fourth-order valence-corrected chi connectivity index (χ4v) is 1.73. The number of methoxy groups -OCH3 is 1. The number of hydrogen-bond donors (Lipinski definition) is 2. The van der Waals surface area contributed by atoms with E-state index >= 15 is 0 Å². The van der Waals surface area contributed by atoms with Crippen LogP contribution >= 0.6 is 11.6 Å². The molecule has 1 amide bonds.